The molecular weight excluding hydrogens is 398 g/mol. The highest BCUT2D eigenvalue weighted by Crippen LogP contribution is 2.22. The van der Waals surface area contributed by atoms with E-state index in [0.29, 0.717) is 31.0 Å². The molecule has 4 aromatic rings. The Labute approximate surface area is 168 Å². The molecule has 5 nitrogen and oxygen atoms in total. The van der Waals surface area contributed by atoms with Crippen molar-refractivity contribution in [3.05, 3.63) is 80.1 Å². The number of carbonyl (C=O) groups excluding carboxylic acids is 2. The fraction of sp³-hybridized carbons (Fsp3) is 0.0952. The Morgan fingerprint density at radius 1 is 0.929 bits per heavy atom. The van der Waals surface area contributed by atoms with Gasteiger partial charge in [0.25, 0.3) is 0 Å². The number of carbonyl (C=O) groups is 2. The average Bonchev–Trinajstić information content (AvgIpc) is 3.16. The van der Waals surface area contributed by atoms with Gasteiger partial charge < -0.3 is 9.30 Å². The van der Waals surface area contributed by atoms with Crippen molar-refractivity contribution in [2.24, 2.45) is 0 Å². The molecule has 0 saturated heterocycles. The number of nitrogens with zero attached hydrogens (tertiary/aromatic N) is 1. The Hall–Kier alpha value is -2.96. The summed E-state index contributed by atoms with van der Waals surface area (Å²) in [6.45, 7) is -0.467. The lowest BCUT2D eigenvalue weighted by atomic mass is 10.1. The number of para-hydroxylation sites is 2. The molecule has 0 atom stereocenters. The summed E-state index contributed by atoms with van der Waals surface area (Å²) in [5.74, 6) is -0.866. The van der Waals surface area contributed by atoms with Gasteiger partial charge in [-0.1, -0.05) is 35.9 Å². The molecule has 0 unspecified atom stereocenters. The molecule has 0 spiro atoms. The Morgan fingerprint density at radius 3 is 2.11 bits per heavy atom. The van der Waals surface area contributed by atoms with Crippen molar-refractivity contribution in [2.75, 3.05) is 6.61 Å². The second-order valence-electron chi connectivity index (χ2n) is 6.14. The first kappa shape index (κ1) is 18.4. The zero-order chi connectivity index (χ0) is 19.7. The molecule has 0 amide bonds. The summed E-state index contributed by atoms with van der Waals surface area (Å²) < 4.78 is 7.41. The zero-order valence-electron chi connectivity index (χ0n) is 14.6. The number of aromatic nitrogens is 1. The lowest BCUT2D eigenvalue weighted by Gasteiger charge is -2.14. The summed E-state index contributed by atoms with van der Waals surface area (Å²) >= 11 is 6.97. The topological polar surface area (TPSA) is 65.4 Å². The zero-order valence-corrected chi connectivity index (χ0v) is 16.1. The van der Waals surface area contributed by atoms with Crippen LogP contribution in [-0.2, 0) is 16.1 Å². The molecule has 0 saturated carbocycles. The van der Waals surface area contributed by atoms with Gasteiger partial charge >= 0.3 is 5.97 Å². The molecule has 140 valence electrons. The normalized spacial score (nSPS) is 11.0. The SMILES string of the molecule is O=C(Cn1c2ccccc2c(=O)c2ccccc21)OCC(=O)c1ccc(Cl)s1. The molecule has 2 heterocycles. The van der Waals surface area contributed by atoms with E-state index in [9.17, 15) is 14.4 Å². The largest absolute Gasteiger partial charge is 0.456 e. The Balaban J connectivity index is 1.63. The number of ketones is 1. The second kappa shape index (κ2) is 7.58. The minimum absolute atomic E-state index is 0.0828. The van der Waals surface area contributed by atoms with Gasteiger partial charge in [0.05, 0.1) is 20.2 Å². The lowest BCUT2D eigenvalue weighted by molar-refractivity contribution is -0.143. The van der Waals surface area contributed by atoms with Crippen molar-refractivity contribution in [3.63, 3.8) is 0 Å². The lowest BCUT2D eigenvalue weighted by Crippen LogP contribution is -2.20. The van der Waals surface area contributed by atoms with Crippen molar-refractivity contribution in [1.29, 1.82) is 0 Å². The number of benzene rings is 2. The standard InChI is InChI=1S/C21H14ClNO4S/c22-19-10-9-18(28-19)17(24)12-27-20(25)11-23-15-7-3-1-5-13(15)21(26)14-6-2-4-8-16(14)23/h1-10H,11-12H2. The van der Waals surface area contributed by atoms with Crippen LogP contribution in [0.2, 0.25) is 4.34 Å². The maximum Gasteiger partial charge on any atom is 0.326 e. The van der Waals surface area contributed by atoms with Crippen LogP contribution in [0.4, 0.5) is 0 Å². The van der Waals surface area contributed by atoms with E-state index in [4.69, 9.17) is 16.3 Å². The maximum atomic E-state index is 12.7. The molecule has 0 aliphatic carbocycles. The molecule has 0 aliphatic heterocycles. The number of pyridine rings is 1. The van der Waals surface area contributed by atoms with Crippen LogP contribution in [-0.4, -0.2) is 22.9 Å². The summed E-state index contributed by atoms with van der Waals surface area (Å²) in [7, 11) is 0. The highest BCUT2D eigenvalue weighted by atomic mass is 35.5. The van der Waals surface area contributed by atoms with Gasteiger partial charge in [-0.2, -0.15) is 0 Å². The van der Waals surface area contributed by atoms with Crippen LogP contribution in [0.25, 0.3) is 21.8 Å². The van der Waals surface area contributed by atoms with Gasteiger partial charge in [-0.25, -0.2) is 0 Å². The Kier molecular flexibility index (Phi) is 4.98. The van der Waals surface area contributed by atoms with E-state index in [1.807, 2.05) is 12.1 Å². The summed E-state index contributed by atoms with van der Waals surface area (Å²) in [4.78, 5) is 37.7. The Bertz CT molecular complexity index is 1210. The van der Waals surface area contributed by atoms with Crippen LogP contribution < -0.4 is 5.43 Å². The van der Waals surface area contributed by atoms with Crippen molar-refractivity contribution in [3.8, 4) is 0 Å². The molecule has 2 aromatic heterocycles. The fourth-order valence-corrected chi connectivity index (χ4v) is 4.07. The van der Waals surface area contributed by atoms with Gasteiger partial charge in [-0.3, -0.25) is 14.4 Å². The number of Topliss-reactive ketones (excluding diaryl/α,β-unsaturated/α-hetero) is 1. The minimum atomic E-state index is -0.560. The van der Waals surface area contributed by atoms with E-state index in [2.05, 4.69) is 0 Å². The van der Waals surface area contributed by atoms with E-state index in [-0.39, 0.29) is 24.4 Å². The van der Waals surface area contributed by atoms with Gasteiger partial charge in [-0.15, -0.1) is 11.3 Å². The molecule has 2 aromatic carbocycles. The van der Waals surface area contributed by atoms with E-state index >= 15 is 0 Å². The first-order valence-electron chi connectivity index (χ1n) is 8.49. The van der Waals surface area contributed by atoms with Gasteiger partial charge in [0.1, 0.15) is 6.54 Å². The minimum Gasteiger partial charge on any atom is -0.456 e. The number of fused-ring (bicyclic) bond motifs is 2. The molecule has 4 rings (SSSR count). The monoisotopic (exact) mass is 411 g/mol. The van der Waals surface area contributed by atoms with E-state index < -0.39 is 5.97 Å². The van der Waals surface area contributed by atoms with Crippen molar-refractivity contribution >= 4 is 56.5 Å². The number of esters is 1. The van der Waals surface area contributed by atoms with Crippen molar-refractivity contribution in [1.82, 2.24) is 4.57 Å². The molecule has 0 radical (unpaired) electrons. The number of halogens is 1. The van der Waals surface area contributed by atoms with Crippen LogP contribution in [0.5, 0.6) is 0 Å². The predicted octanol–water partition coefficient (Wildman–Crippen LogP) is 4.30. The first-order valence-corrected chi connectivity index (χ1v) is 9.68. The summed E-state index contributed by atoms with van der Waals surface area (Å²) in [5.41, 5.74) is 1.19. The third-order valence-electron chi connectivity index (χ3n) is 4.38. The quantitative estimate of drug-likeness (QED) is 0.279. The maximum absolute atomic E-state index is 12.7. The van der Waals surface area contributed by atoms with E-state index in [1.165, 1.54) is 0 Å². The second-order valence-corrected chi connectivity index (χ2v) is 7.85. The molecule has 7 heteroatoms. The number of hydrogen-bond donors (Lipinski definition) is 0. The number of rotatable bonds is 5. The van der Waals surface area contributed by atoms with Crippen molar-refractivity contribution < 1.29 is 14.3 Å². The molecule has 0 aliphatic rings. The molecular formula is C21H14ClNO4S. The summed E-state index contributed by atoms with van der Waals surface area (Å²) in [6, 6.07) is 17.4. The van der Waals surface area contributed by atoms with E-state index in [1.54, 1.807) is 53.1 Å². The molecule has 0 bridgehead atoms. The first-order chi connectivity index (χ1) is 13.5. The highest BCUT2D eigenvalue weighted by molar-refractivity contribution is 7.18. The molecule has 28 heavy (non-hydrogen) atoms. The van der Waals surface area contributed by atoms with Crippen molar-refractivity contribution in [2.45, 2.75) is 6.54 Å². The highest BCUT2D eigenvalue weighted by Gasteiger charge is 2.16. The van der Waals surface area contributed by atoms with Gasteiger partial charge in [-0.05, 0) is 36.4 Å². The summed E-state index contributed by atoms with van der Waals surface area (Å²) in [6.07, 6.45) is 0. The third-order valence-corrected chi connectivity index (χ3v) is 5.65. The number of hydrogen-bond acceptors (Lipinski definition) is 5. The van der Waals surface area contributed by atoms with Crippen LogP contribution in [0.3, 0.4) is 0 Å². The predicted molar refractivity (Wildman–Crippen MR) is 110 cm³/mol. The van der Waals surface area contributed by atoms with Gasteiger partial charge in [0.2, 0.25) is 5.78 Å². The summed E-state index contributed by atoms with van der Waals surface area (Å²) in [5, 5.41) is 1.05. The molecule has 0 fully saturated rings. The van der Waals surface area contributed by atoms with Crippen LogP contribution in [0.15, 0.2) is 65.5 Å². The van der Waals surface area contributed by atoms with Crippen LogP contribution in [0.1, 0.15) is 9.67 Å². The number of thiophene rings is 1. The molecule has 0 N–H and O–H groups in total. The van der Waals surface area contributed by atoms with Crippen LogP contribution in [0, 0.1) is 0 Å². The smallest absolute Gasteiger partial charge is 0.326 e. The van der Waals surface area contributed by atoms with Crippen LogP contribution >= 0.6 is 22.9 Å². The number of ether oxygens (including phenoxy) is 1. The third kappa shape index (κ3) is 3.44. The van der Waals surface area contributed by atoms with E-state index in [0.717, 1.165) is 11.3 Å². The Morgan fingerprint density at radius 2 is 1.54 bits per heavy atom. The van der Waals surface area contributed by atoms with Gasteiger partial charge in [0.15, 0.2) is 12.0 Å². The van der Waals surface area contributed by atoms with Gasteiger partial charge in [0, 0.05) is 10.8 Å². The average molecular weight is 412 g/mol. The fourth-order valence-electron chi connectivity index (χ4n) is 3.10.